The van der Waals surface area contributed by atoms with E-state index in [4.69, 9.17) is 16.0 Å². The first-order valence-corrected chi connectivity index (χ1v) is 10.1. The standard InChI is InChI=1S/C23H22ClN3O/c24-19-14-17-4-3-8-25-23(17)21(15-19)27-12-10-26(11-13-27)9-7-18-16-28-22-6-2-1-5-20(18)22/h1-6,8,14-16H,7,9-13H2. The third kappa shape index (κ3) is 3.34. The van der Waals surface area contributed by atoms with Crippen molar-refractivity contribution in [2.24, 2.45) is 0 Å². The number of rotatable bonds is 4. The fraction of sp³-hybridized carbons (Fsp3) is 0.261. The molecule has 1 aliphatic rings. The van der Waals surface area contributed by atoms with Crippen molar-refractivity contribution < 1.29 is 4.42 Å². The van der Waals surface area contributed by atoms with Gasteiger partial charge in [0.05, 0.1) is 17.5 Å². The van der Waals surface area contributed by atoms with E-state index in [-0.39, 0.29) is 0 Å². The number of anilines is 1. The molecule has 1 fully saturated rings. The van der Waals surface area contributed by atoms with Crippen LogP contribution >= 0.6 is 11.6 Å². The van der Waals surface area contributed by atoms with E-state index < -0.39 is 0 Å². The number of piperazine rings is 1. The van der Waals surface area contributed by atoms with Crippen molar-refractivity contribution in [3.8, 4) is 0 Å². The zero-order chi connectivity index (χ0) is 18.9. The van der Waals surface area contributed by atoms with Crippen LogP contribution in [0.1, 0.15) is 5.56 Å². The van der Waals surface area contributed by atoms with Crippen LogP contribution in [0.2, 0.25) is 5.02 Å². The van der Waals surface area contributed by atoms with Gasteiger partial charge in [0.15, 0.2) is 0 Å². The van der Waals surface area contributed by atoms with Crippen molar-refractivity contribution in [3.63, 3.8) is 0 Å². The molecule has 0 atom stereocenters. The number of benzene rings is 2. The van der Waals surface area contributed by atoms with Gasteiger partial charge in [-0.3, -0.25) is 9.88 Å². The van der Waals surface area contributed by atoms with Gasteiger partial charge in [0.1, 0.15) is 5.58 Å². The summed E-state index contributed by atoms with van der Waals surface area (Å²) in [6.45, 7) is 5.09. The number of hydrogen-bond acceptors (Lipinski definition) is 4. The first-order valence-electron chi connectivity index (χ1n) is 9.74. The molecule has 0 saturated carbocycles. The van der Waals surface area contributed by atoms with E-state index in [1.807, 2.05) is 42.8 Å². The molecular formula is C23H22ClN3O. The van der Waals surface area contributed by atoms with Crippen molar-refractivity contribution in [3.05, 3.63) is 71.6 Å². The highest BCUT2D eigenvalue weighted by molar-refractivity contribution is 6.31. The van der Waals surface area contributed by atoms with Crippen LogP contribution in [0, 0.1) is 0 Å². The highest BCUT2D eigenvalue weighted by Crippen LogP contribution is 2.30. The molecule has 0 radical (unpaired) electrons. The van der Waals surface area contributed by atoms with Crippen LogP contribution in [0.4, 0.5) is 5.69 Å². The zero-order valence-electron chi connectivity index (χ0n) is 15.6. The molecule has 0 amide bonds. The maximum absolute atomic E-state index is 6.35. The van der Waals surface area contributed by atoms with Gasteiger partial charge in [-0.1, -0.05) is 35.9 Å². The van der Waals surface area contributed by atoms with Crippen LogP contribution < -0.4 is 4.90 Å². The molecule has 1 aliphatic heterocycles. The number of nitrogens with zero attached hydrogens (tertiary/aromatic N) is 3. The minimum Gasteiger partial charge on any atom is -0.464 e. The average Bonchev–Trinajstić information content (AvgIpc) is 3.15. The first kappa shape index (κ1) is 17.5. The van der Waals surface area contributed by atoms with Crippen LogP contribution in [0.3, 0.4) is 0 Å². The third-order valence-electron chi connectivity index (χ3n) is 5.62. The highest BCUT2D eigenvalue weighted by atomic mass is 35.5. The summed E-state index contributed by atoms with van der Waals surface area (Å²) in [5.74, 6) is 0. The Hall–Kier alpha value is -2.56. The van der Waals surface area contributed by atoms with Crippen molar-refractivity contribution in [1.82, 2.24) is 9.88 Å². The summed E-state index contributed by atoms with van der Waals surface area (Å²) in [5, 5.41) is 3.10. The molecule has 0 N–H and O–H groups in total. The van der Waals surface area contributed by atoms with Gasteiger partial charge >= 0.3 is 0 Å². The van der Waals surface area contributed by atoms with Gasteiger partial charge in [-0.25, -0.2) is 0 Å². The molecule has 5 heteroatoms. The summed E-state index contributed by atoms with van der Waals surface area (Å²) >= 11 is 6.35. The Bertz CT molecular complexity index is 1120. The number of hydrogen-bond donors (Lipinski definition) is 0. The molecule has 0 aliphatic carbocycles. The fourth-order valence-electron chi connectivity index (χ4n) is 4.10. The number of pyridine rings is 1. The van der Waals surface area contributed by atoms with Crippen molar-refractivity contribution in [1.29, 1.82) is 0 Å². The van der Waals surface area contributed by atoms with E-state index in [0.29, 0.717) is 0 Å². The van der Waals surface area contributed by atoms with Gasteiger partial charge in [0.2, 0.25) is 0 Å². The van der Waals surface area contributed by atoms with Gasteiger partial charge in [-0.15, -0.1) is 0 Å². The van der Waals surface area contributed by atoms with E-state index in [1.54, 1.807) is 0 Å². The van der Waals surface area contributed by atoms with Gasteiger partial charge in [-0.2, -0.15) is 0 Å². The maximum Gasteiger partial charge on any atom is 0.134 e. The Balaban J connectivity index is 1.26. The van der Waals surface area contributed by atoms with E-state index in [0.717, 1.165) is 66.3 Å². The lowest BCUT2D eigenvalue weighted by Crippen LogP contribution is -2.47. The third-order valence-corrected chi connectivity index (χ3v) is 5.84. The Morgan fingerprint density at radius 1 is 1.00 bits per heavy atom. The van der Waals surface area contributed by atoms with E-state index >= 15 is 0 Å². The highest BCUT2D eigenvalue weighted by Gasteiger charge is 2.20. The molecule has 4 nitrogen and oxygen atoms in total. The van der Waals surface area contributed by atoms with Crippen LogP contribution in [0.25, 0.3) is 21.9 Å². The Morgan fingerprint density at radius 2 is 1.86 bits per heavy atom. The Kier molecular flexibility index (Phi) is 4.67. The van der Waals surface area contributed by atoms with Gasteiger partial charge in [0, 0.05) is 54.7 Å². The van der Waals surface area contributed by atoms with Crippen LogP contribution in [-0.4, -0.2) is 42.6 Å². The topological polar surface area (TPSA) is 32.5 Å². The minimum absolute atomic E-state index is 0.768. The molecule has 2 aromatic heterocycles. The second-order valence-electron chi connectivity index (χ2n) is 7.34. The molecule has 3 heterocycles. The molecule has 1 saturated heterocycles. The number of aromatic nitrogens is 1. The van der Waals surface area contributed by atoms with E-state index in [2.05, 4.69) is 33.0 Å². The average molecular weight is 392 g/mol. The molecule has 28 heavy (non-hydrogen) atoms. The van der Waals surface area contributed by atoms with Gasteiger partial charge in [0.25, 0.3) is 0 Å². The molecule has 0 bridgehead atoms. The van der Waals surface area contributed by atoms with Crippen LogP contribution in [0.5, 0.6) is 0 Å². The predicted molar refractivity (Wildman–Crippen MR) is 115 cm³/mol. The largest absolute Gasteiger partial charge is 0.464 e. The smallest absolute Gasteiger partial charge is 0.134 e. The molecular weight excluding hydrogens is 370 g/mol. The van der Waals surface area contributed by atoms with Crippen LogP contribution in [0.15, 0.2) is 65.4 Å². The number of fused-ring (bicyclic) bond motifs is 2. The summed E-state index contributed by atoms with van der Waals surface area (Å²) in [6.07, 6.45) is 4.77. The summed E-state index contributed by atoms with van der Waals surface area (Å²) in [7, 11) is 0. The number of para-hydroxylation sites is 1. The normalized spacial score (nSPS) is 15.5. The summed E-state index contributed by atoms with van der Waals surface area (Å²) in [4.78, 5) is 9.53. The maximum atomic E-state index is 6.35. The minimum atomic E-state index is 0.768. The molecule has 142 valence electrons. The fourth-order valence-corrected chi connectivity index (χ4v) is 4.32. The quantitative estimate of drug-likeness (QED) is 0.490. The van der Waals surface area contributed by atoms with E-state index in [9.17, 15) is 0 Å². The Morgan fingerprint density at radius 3 is 2.75 bits per heavy atom. The van der Waals surface area contributed by atoms with Crippen molar-refractivity contribution in [2.45, 2.75) is 6.42 Å². The lowest BCUT2D eigenvalue weighted by Gasteiger charge is -2.36. The lowest BCUT2D eigenvalue weighted by molar-refractivity contribution is 0.261. The zero-order valence-corrected chi connectivity index (χ0v) is 16.4. The van der Waals surface area contributed by atoms with Crippen molar-refractivity contribution in [2.75, 3.05) is 37.6 Å². The molecule has 2 aromatic carbocycles. The number of halogens is 1. The van der Waals surface area contributed by atoms with Gasteiger partial charge < -0.3 is 9.32 Å². The summed E-state index contributed by atoms with van der Waals surface area (Å²) in [6, 6.07) is 16.3. The first-order chi connectivity index (χ1) is 13.8. The summed E-state index contributed by atoms with van der Waals surface area (Å²) < 4.78 is 5.67. The molecule has 0 spiro atoms. The second-order valence-corrected chi connectivity index (χ2v) is 7.77. The molecule has 5 rings (SSSR count). The Labute approximate surface area is 169 Å². The second kappa shape index (κ2) is 7.46. The van der Waals surface area contributed by atoms with Crippen LogP contribution in [-0.2, 0) is 6.42 Å². The SMILES string of the molecule is Clc1cc(N2CCN(CCc3coc4ccccc34)CC2)c2ncccc2c1. The predicted octanol–water partition coefficient (Wildman–Crippen LogP) is 5.00. The van der Waals surface area contributed by atoms with Gasteiger partial charge in [-0.05, 0) is 36.2 Å². The molecule has 0 unspecified atom stereocenters. The monoisotopic (exact) mass is 391 g/mol. The lowest BCUT2D eigenvalue weighted by atomic mass is 10.1. The van der Waals surface area contributed by atoms with Crippen molar-refractivity contribution >= 4 is 39.2 Å². The summed E-state index contributed by atoms with van der Waals surface area (Å²) in [5.41, 5.74) is 4.44. The number of furan rings is 1. The van der Waals surface area contributed by atoms with E-state index in [1.165, 1.54) is 10.9 Å². The molecule has 4 aromatic rings.